The number of rotatable bonds is 5. The molecule has 3 fully saturated rings. The summed E-state index contributed by atoms with van der Waals surface area (Å²) in [6.45, 7) is 0.582. The fourth-order valence-corrected chi connectivity index (χ4v) is 4.48. The first-order valence-electron chi connectivity index (χ1n) is 10.6. The summed E-state index contributed by atoms with van der Waals surface area (Å²) in [5.41, 5.74) is 2.72. The van der Waals surface area contributed by atoms with E-state index in [-0.39, 0.29) is 24.9 Å². The maximum Gasteiger partial charge on any atom is 0.296 e. The molecule has 2 N–H and O–H groups in total. The number of aromatic amines is 1. The van der Waals surface area contributed by atoms with Crippen LogP contribution in [0.2, 0.25) is 5.02 Å². The molecule has 31 heavy (non-hydrogen) atoms. The molecular weight excluding hydrogens is 422 g/mol. The van der Waals surface area contributed by atoms with E-state index in [9.17, 15) is 5.11 Å². The third-order valence-corrected chi connectivity index (χ3v) is 6.42. The van der Waals surface area contributed by atoms with Crippen LogP contribution in [-0.2, 0) is 9.47 Å². The van der Waals surface area contributed by atoms with E-state index in [4.69, 9.17) is 30.5 Å². The number of halogens is 1. The molecule has 3 aromatic rings. The first kappa shape index (κ1) is 19.3. The Hall–Kier alpha value is -2.39. The lowest BCUT2D eigenvalue weighted by Gasteiger charge is -2.26. The van der Waals surface area contributed by atoms with Gasteiger partial charge >= 0.3 is 0 Å². The Morgan fingerprint density at radius 1 is 1.03 bits per heavy atom. The Balaban J connectivity index is 1.22. The smallest absolute Gasteiger partial charge is 0.296 e. The Bertz CT molecular complexity index is 1100. The molecule has 162 valence electrons. The number of aliphatic hydroxyl groups excluding tert-OH is 1. The summed E-state index contributed by atoms with van der Waals surface area (Å²) in [5.74, 6) is 0.859. The number of aliphatic hydroxyl groups is 1. The Labute approximate surface area is 183 Å². The Morgan fingerprint density at radius 3 is 2.61 bits per heavy atom. The van der Waals surface area contributed by atoms with Crippen molar-refractivity contribution in [1.82, 2.24) is 15.0 Å². The van der Waals surface area contributed by atoms with Crippen LogP contribution in [0, 0.1) is 0 Å². The number of hydrogen-bond donors (Lipinski definition) is 2. The van der Waals surface area contributed by atoms with Crippen molar-refractivity contribution in [2.45, 2.75) is 49.8 Å². The molecule has 4 atom stereocenters. The van der Waals surface area contributed by atoms with Crippen LogP contribution >= 0.6 is 11.6 Å². The van der Waals surface area contributed by atoms with E-state index < -0.39 is 6.10 Å². The molecule has 0 unspecified atom stereocenters. The van der Waals surface area contributed by atoms with Gasteiger partial charge in [0.05, 0.1) is 35.6 Å². The highest BCUT2D eigenvalue weighted by molar-refractivity contribution is 6.33. The van der Waals surface area contributed by atoms with Gasteiger partial charge < -0.3 is 29.0 Å². The van der Waals surface area contributed by atoms with Crippen molar-refractivity contribution in [2.24, 2.45) is 0 Å². The highest BCUT2D eigenvalue weighted by Gasteiger charge is 2.48. The summed E-state index contributed by atoms with van der Waals surface area (Å²) >= 11 is 6.51. The highest BCUT2D eigenvalue weighted by atomic mass is 35.5. The van der Waals surface area contributed by atoms with Gasteiger partial charge in [0, 0.05) is 5.56 Å². The van der Waals surface area contributed by atoms with E-state index >= 15 is 0 Å². The fourth-order valence-electron chi connectivity index (χ4n) is 4.21. The summed E-state index contributed by atoms with van der Waals surface area (Å²) in [7, 11) is 0. The summed E-state index contributed by atoms with van der Waals surface area (Å²) < 4.78 is 23.1. The third kappa shape index (κ3) is 3.53. The van der Waals surface area contributed by atoms with E-state index in [0.717, 1.165) is 24.2 Å². The molecule has 1 aromatic carbocycles. The Kier molecular flexibility index (Phi) is 4.75. The Morgan fingerprint density at radius 2 is 1.84 bits per heavy atom. The zero-order valence-electron chi connectivity index (χ0n) is 16.7. The lowest BCUT2D eigenvalue weighted by molar-refractivity contribution is 0.00706. The molecule has 2 saturated heterocycles. The third-order valence-electron chi connectivity index (χ3n) is 6.13. The van der Waals surface area contributed by atoms with Gasteiger partial charge in [0.25, 0.3) is 6.01 Å². The van der Waals surface area contributed by atoms with Crippen LogP contribution in [0.25, 0.3) is 22.4 Å². The van der Waals surface area contributed by atoms with Crippen LogP contribution in [0.3, 0.4) is 0 Å². The van der Waals surface area contributed by atoms with Crippen molar-refractivity contribution in [3.8, 4) is 23.0 Å². The normalized spacial score (nSPS) is 27.9. The number of hydrogen-bond acceptors (Lipinski definition) is 7. The van der Waals surface area contributed by atoms with Crippen molar-refractivity contribution >= 4 is 22.8 Å². The molecule has 8 nitrogen and oxygen atoms in total. The lowest BCUT2D eigenvalue weighted by atomic mass is 9.96. The van der Waals surface area contributed by atoms with E-state index in [1.165, 1.54) is 6.42 Å². The second-order valence-electron chi connectivity index (χ2n) is 8.25. The molecule has 0 radical (unpaired) electrons. The van der Waals surface area contributed by atoms with Gasteiger partial charge in [-0.2, -0.15) is 4.98 Å². The van der Waals surface area contributed by atoms with Crippen molar-refractivity contribution in [1.29, 1.82) is 0 Å². The van der Waals surface area contributed by atoms with Gasteiger partial charge in [0.1, 0.15) is 24.1 Å². The van der Waals surface area contributed by atoms with Crippen molar-refractivity contribution in [3.05, 3.63) is 35.4 Å². The van der Waals surface area contributed by atoms with Crippen molar-refractivity contribution in [3.63, 3.8) is 0 Å². The molecule has 0 bridgehead atoms. The van der Waals surface area contributed by atoms with E-state index in [1.807, 2.05) is 24.3 Å². The number of aromatic nitrogens is 3. The molecule has 4 heterocycles. The molecule has 2 aliphatic heterocycles. The number of benzene rings is 1. The zero-order valence-corrected chi connectivity index (χ0v) is 17.4. The predicted molar refractivity (Wildman–Crippen MR) is 113 cm³/mol. The molecular formula is C22H22ClN3O5. The van der Waals surface area contributed by atoms with Crippen molar-refractivity contribution in [2.75, 3.05) is 13.2 Å². The monoisotopic (exact) mass is 443 g/mol. The zero-order chi connectivity index (χ0) is 20.9. The number of ether oxygens (including phenoxy) is 4. The van der Waals surface area contributed by atoms with E-state index in [2.05, 4.69) is 15.0 Å². The molecule has 9 heteroatoms. The molecule has 6 rings (SSSR count). The number of H-pyrrole nitrogens is 1. The summed E-state index contributed by atoms with van der Waals surface area (Å²) in [4.78, 5) is 12.2. The van der Waals surface area contributed by atoms with Gasteiger partial charge in [0.2, 0.25) is 0 Å². The standard InChI is InChI=1S/C22H22ClN3O5/c23-14-8-15-21(25-18(14)11-4-6-13(7-5-11)30-12-2-1-3-12)26-22(24-15)31-17-10-29-19-16(27)9-28-20(17)19/h4-8,12,16-17,19-20,27H,1-3,9-10H2,(H,24,25,26)/t16-,17-,19-,20-/m1/s1. The molecule has 2 aromatic heterocycles. The average Bonchev–Trinajstić information content (AvgIpc) is 3.42. The largest absolute Gasteiger partial charge is 0.490 e. The first-order valence-corrected chi connectivity index (χ1v) is 10.9. The maximum atomic E-state index is 9.88. The van der Waals surface area contributed by atoms with Gasteiger partial charge in [-0.05, 0) is 49.6 Å². The minimum atomic E-state index is -0.622. The summed E-state index contributed by atoms with van der Waals surface area (Å²) in [5, 5.41) is 10.4. The van der Waals surface area contributed by atoms with E-state index in [0.29, 0.717) is 40.6 Å². The number of nitrogens with one attached hydrogen (secondary N) is 1. The lowest BCUT2D eigenvalue weighted by Crippen LogP contribution is -2.34. The fraction of sp³-hybridized carbons (Fsp3) is 0.455. The second-order valence-corrected chi connectivity index (χ2v) is 8.65. The van der Waals surface area contributed by atoms with Gasteiger partial charge in [-0.3, -0.25) is 0 Å². The van der Waals surface area contributed by atoms with Crippen LogP contribution in [0.1, 0.15) is 19.3 Å². The number of pyridine rings is 1. The first-order chi connectivity index (χ1) is 15.1. The van der Waals surface area contributed by atoms with Gasteiger partial charge in [-0.1, -0.05) is 11.6 Å². The van der Waals surface area contributed by atoms with Gasteiger partial charge in [-0.15, -0.1) is 0 Å². The van der Waals surface area contributed by atoms with Crippen LogP contribution in [-0.4, -0.2) is 63.8 Å². The van der Waals surface area contributed by atoms with Gasteiger partial charge in [0.15, 0.2) is 11.8 Å². The van der Waals surface area contributed by atoms with E-state index in [1.54, 1.807) is 6.07 Å². The van der Waals surface area contributed by atoms with Crippen LogP contribution in [0.5, 0.6) is 11.8 Å². The quantitative estimate of drug-likeness (QED) is 0.625. The maximum absolute atomic E-state index is 9.88. The van der Waals surface area contributed by atoms with Crippen LogP contribution in [0.15, 0.2) is 30.3 Å². The topological polar surface area (TPSA) is 98.7 Å². The molecule has 1 aliphatic carbocycles. The highest BCUT2D eigenvalue weighted by Crippen LogP contribution is 2.33. The van der Waals surface area contributed by atoms with Crippen molar-refractivity contribution < 1.29 is 24.1 Å². The summed E-state index contributed by atoms with van der Waals surface area (Å²) in [6, 6.07) is 9.91. The summed E-state index contributed by atoms with van der Waals surface area (Å²) in [6.07, 6.45) is 2.18. The SMILES string of the molecule is O[C@@H]1CO[C@H]2[C@@H]1OC[C@H]2Oc1nc2nc(-c3ccc(OC4CCC4)cc3)c(Cl)cc2[nH]1. The van der Waals surface area contributed by atoms with Crippen LogP contribution < -0.4 is 9.47 Å². The minimum Gasteiger partial charge on any atom is -0.490 e. The van der Waals surface area contributed by atoms with Gasteiger partial charge in [-0.25, -0.2) is 4.98 Å². The number of imidazole rings is 1. The molecule has 0 spiro atoms. The molecule has 1 saturated carbocycles. The average molecular weight is 444 g/mol. The number of fused-ring (bicyclic) bond motifs is 2. The second kappa shape index (κ2) is 7.63. The van der Waals surface area contributed by atoms with Crippen LogP contribution in [0.4, 0.5) is 0 Å². The minimum absolute atomic E-state index is 0.250. The predicted octanol–water partition coefficient (Wildman–Crippen LogP) is 3.12. The molecule has 0 amide bonds. The molecule has 3 aliphatic rings. The number of nitrogens with zero attached hydrogens (tertiary/aromatic N) is 2.